The van der Waals surface area contributed by atoms with Crippen LogP contribution in [-0.4, -0.2) is 60.4 Å². The number of aromatic nitrogens is 2. The molecule has 0 aliphatic carbocycles. The molecule has 11 nitrogen and oxygen atoms in total. The van der Waals surface area contributed by atoms with Crippen LogP contribution >= 0.6 is 34.8 Å². The maximum Gasteiger partial charge on any atom is 0.391 e. The summed E-state index contributed by atoms with van der Waals surface area (Å²) in [5.74, 6) is -2.19. The molecule has 0 saturated carbocycles. The lowest BCUT2D eigenvalue weighted by Crippen LogP contribution is -2.17. The van der Waals surface area contributed by atoms with Gasteiger partial charge in [-0.25, -0.2) is 18.4 Å². The molecule has 4 aromatic carbocycles. The highest BCUT2D eigenvalue weighted by Gasteiger charge is 2.19. The monoisotopic (exact) mass is 978 g/mol. The van der Waals surface area contributed by atoms with Crippen LogP contribution in [0.3, 0.4) is 0 Å². The van der Waals surface area contributed by atoms with Crippen molar-refractivity contribution in [3.63, 3.8) is 0 Å². The lowest BCUT2D eigenvalue weighted by Gasteiger charge is -2.14. The molecule has 6 aromatic rings. The number of ether oxygens (including phenoxy) is 4. The number of hydrogen-bond donors (Lipinski definition) is 1. The van der Waals surface area contributed by atoms with Crippen LogP contribution in [0, 0.1) is 19.1 Å². The van der Waals surface area contributed by atoms with Crippen LogP contribution < -0.4 is 15.2 Å². The second-order valence-electron chi connectivity index (χ2n) is 13.8. The Hall–Kier alpha value is -6.25. The minimum atomic E-state index is -1.08. The summed E-state index contributed by atoms with van der Waals surface area (Å²) in [6, 6.07) is 28.4. The summed E-state index contributed by atoms with van der Waals surface area (Å²) < 4.78 is 50.2. The third-order valence-electron chi connectivity index (χ3n) is 9.35. The molecule has 2 heterocycles. The van der Waals surface area contributed by atoms with E-state index in [0.717, 1.165) is 16.8 Å². The van der Waals surface area contributed by atoms with E-state index in [1.807, 2.05) is 24.3 Å². The smallest absolute Gasteiger partial charge is 0.391 e. The van der Waals surface area contributed by atoms with Gasteiger partial charge in [0.2, 0.25) is 5.78 Å². The Kier molecular flexibility index (Phi) is 24.4. The average Bonchev–Trinajstić information content (AvgIpc) is 3.30. The molecule has 0 aliphatic heterocycles. The standard InChI is InChI=1S/C25H23ClFNO4.C20H18ClFN2O.C4H5ClO3.CH4.CH3/c1-3-32-25(30)21(29)11-10-20-9-7-16(15-28-20)13-18-8-12-22(31-2)23(24(18)27)17-5-4-6-19(26)14-17;1-25-18-8-6-15(9-13-5-7-17(11-23)24-12-13)20(22)19(18)14-3-2-4-16(21)10-14;1-2-8-4(7)3(5)6;;/h4-9,12,14-15H,3,10-11,13H2,1-2H3;2-8,10,12H,9,11,23H2,1H3;2H2,1H3;1H4;1H3/q;;;;-1. The van der Waals surface area contributed by atoms with Crippen molar-refractivity contribution in [3.8, 4) is 33.8 Å². The molecule has 0 amide bonds. The van der Waals surface area contributed by atoms with E-state index in [4.69, 9.17) is 54.7 Å². The minimum Gasteiger partial charge on any atom is -0.496 e. The van der Waals surface area contributed by atoms with Gasteiger partial charge in [0.1, 0.15) is 23.1 Å². The van der Waals surface area contributed by atoms with Crippen molar-refractivity contribution < 1.29 is 46.9 Å². The molecule has 0 radical (unpaired) electrons. The van der Waals surface area contributed by atoms with Gasteiger partial charge in [0.05, 0.1) is 44.3 Å². The number of hydrogen-bond acceptors (Lipinski definition) is 11. The zero-order valence-electron chi connectivity index (χ0n) is 37.0. The number of benzene rings is 4. The van der Waals surface area contributed by atoms with E-state index in [2.05, 4.69) is 14.7 Å². The number of rotatable bonds is 16. The van der Waals surface area contributed by atoms with E-state index in [1.165, 1.54) is 14.2 Å². The Morgan fingerprint density at radius 1 is 0.642 bits per heavy atom. The summed E-state index contributed by atoms with van der Waals surface area (Å²) in [6.07, 6.45) is 4.49. The summed E-state index contributed by atoms with van der Waals surface area (Å²) in [5.41, 5.74) is 11.9. The predicted octanol–water partition coefficient (Wildman–Crippen LogP) is 11.2. The summed E-state index contributed by atoms with van der Waals surface area (Å²) in [6.45, 7) is 3.97. The fourth-order valence-corrected chi connectivity index (χ4v) is 6.65. The van der Waals surface area contributed by atoms with E-state index in [-0.39, 0.29) is 46.1 Å². The van der Waals surface area contributed by atoms with Gasteiger partial charge in [-0.1, -0.05) is 79.2 Å². The normalized spacial score (nSPS) is 10.1. The first-order chi connectivity index (χ1) is 31.2. The highest BCUT2D eigenvalue weighted by Crippen LogP contribution is 2.37. The molecule has 0 spiro atoms. The van der Waals surface area contributed by atoms with E-state index in [0.29, 0.717) is 86.4 Å². The predicted molar refractivity (Wildman–Crippen MR) is 259 cm³/mol. The van der Waals surface area contributed by atoms with Crippen molar-refractivity contribution in [2.24, 2.45) is 5.73 Å². The van der Waals surface area contributed by atoms with Crippen LogP contribution in [-0.2, 0) is 54.5 Å². The van der Waals surface area contributed by atoms with Crippen molar-refractivity contribution in [2.45, 2.75) is 53.5 Å². The van der Waals surface area contributed by atoms with Gasteiger partial charge in [-0.15, -0.1) is 0 Å². The van der Waals surface area contributed by atoms with Crippen LogP contribution in [0.15, 0.2) is 109 Å². The van der Waals surface area contributed by atoms with E-state index in [9.17, 15) is 19.2 Å². The highest BCUT2D eigenvalue weighted by molar-refractivity contribution is 6.80. The first kappa shape index (κ1) is 56.9. The number of methoxy groups -OCH3 is 2. The van der Waals surface area contributed by atoms with Crippen LogP contribution in [0.25, 0.3) is 22.3 Å². The quantitative estimate of drug-likeness (QED) is 0.0426. The number of halogens is 5. The fraction of sp³-hybridized carbons (Fsp3) is 0.235. The number of ketones is 1. The van der Waals surface area contributed by atoms with E-state index >= 15 is 8.78 Å². The average molecular weight is 980 g/mol. The van der Waals surface area contributed by atoms with Gasteiger partial charge in [0.15, 0.2) is 0 Å². The van der Waals surface area contributed by atoms with Crippen molar-refractivity contribution in [2.75, 3.05) is 27.4 Å². The summed E-state index contributed by atoms with van der Waals surface area (Å²) in [5, 5.41) is -0.0200. The van der Waals surface area contributed by atoms with Crippen molar-refractivity contribution >= 4 is 57.8 Å². The molecule has 6 rings (SSSR count). The largest absolute Gasteiger partial charge is 0.496 e. The van der Waals surface area contributed by atoms with Crippen LogP contribution in [0.2, 0.25) is 10.0 Å². The lowest BCUT2D eigenvalue weighted by atomic mass is 9.97. The Morgan fingerprint density at radius 2 is 1.09 bits per heavy atom. The van der Waals surface area contributed by atoms with Gasteiger partial charge >= 0.3 is 17.2 Å². The molecular weight excluding hydrogens is 927 g/mol. The molecule has 0 aliphatic rings. The zero-order chi connectivity index (χ0) is 47.5. The molecule has 0 bridgehead atoms. The number of nitrogens with two attached hydrogens (primary N) is 1. The molecule has 356 valence electrons. The molecule has 0 unspecified atom stereocenters. The lowest BCUT2D eigenvalue weighted by molar-refractivity contribution is -0.153. The Bertz CT molecular complexity index is 2580. The van der Waals surface area contributed by atoms with Gasteiger partial charge in [0.25, 0.3) is 0 Å². The zero-order valence-corrected chi connectivity index (χ0v) is 39.2. The number of nitrogens with zero attached hydrogens (tertiary/aromatic N) is 2. The van der Waals surface area contributed by atoms with Gasteiger partial charge in [-0.3, -0.25) is 19.6 Å². The third kappa shape index (κ3) is 16.8. The summed E-state index contributed by atoms with van der Waals surface area (Å²) >= 11 is 16.8. The Morgan fingerprint density at radius 3 is 1.45 bits per heavy atom. The van der Waals surface area contributed by atoms with Crippen LogP contribution in [0.5, 0.6) is 11.5 Å². The van der Waals surface area contributed by atoms with Crippen molar-refractivity contribution in [1.82, 2.24) is 9.97 Å². The van der Waals surface area contributed by atoms with Gasteiger partial charge < -0.3 is 32.1 Å². The molecule has 0 fully saturated rings. The Labute approximate surface area is 405 Å². The van der Waals surface area contributed by atoms with Gasteiger partial charge in [-0.2, -0.15) is 0 Å². The third-order valence-corrected chi connectivity index (χ3v) is 9.98. The number of Topliss-reactive ketones (excluding diaryl/α,β-unsaturated/α-hetero) is 1. The van der Waals surface area contributed by atoms with Crippen LogP contribution in [0.4, 0.5) is 8.78 Å². The molecule has 0 atom stereocenters. The number of esters is 2. The molecule has 2 N–H and O–H groups in total. The molecule has 2 aromatic heterocycles. The highest BCUT2D eigenvalue weighted by atomic mass is 35.5. The van der Waals surface area contributed by atoms with E-state index < -0.39 is 23.0 Å². The van der Waals surface area contributed by atoms with E-state index in [1.54, 1.807) is 99.0 Å². The maximum absolute atomic E-state index is 15.4. The fourth-order valence-electron chi connectivity index (χ4n) is 6.21. The summed E-state index contributed by atoms with van der Waals surface area (Å²) in [4.78, 5) is 51.6. The second-order valence-corrected chi connectivity index (χ2v) is 15.0. The molecular formula is C51H53Cl3F2N3O8-. The summed E-state index contributed by atoms with van der Waals surface area (Å²) in [7, 11) is 3.02. The molecule has 0 saturated heterocycles. The first-order valence-electron chi connectivity index (χ1n) is 20.1. The maximum atomic E-state index is 15.4. The number of pyridine rings is 2. The Balaban J connectivity index is 0.000000393. The van der Waals surface area contributed by atoms with Gasteiger partial charge in [-0.05, 0) is 114 Å². The van der Waals surface area contributed by atoms with Crippen molar-refractivity contribution in [1.29, 1.82) is 0 Å². The topological polar surface area (TPSA) is 157 Å². The number of carbonyl (C=O) groups is 4. The first-order valence-corrected chi connectivity index (χ1v) is 21.2. The second kappa shape index (κ2) is 28.7. The van der Waals surface area contributed by atoms with Gasteiger partial charge in [0, 0.05) is 53.9 Å². The number of aryl methyl sites for hydroxylation is 1. The SMILES string of the molecule is C.CCOC(=O)C(=O)CCc1ccc(Cc2ccc(OC)c(-c3cccc(Cl)c3)c2F)cn1.CCOC(=O)C(=O)Cl.COc1ccc(Cc2ccc(CN)nc2)c(F)c1-c1cccc(Cl)c1.[CH3-]. The van der Waals surface area contributed by atoms with Crippen molar-refractivity contribution in [3.05, 3.63) is 172 Å². The minimum absolute atomic E-state index is 0. The number of carbonyl (C=O) groups excluding carboxylic acids is 4. The molecule has 16 heteroatoms. The van der Waals surface area contributed by atoms with Crippen LogP contribution in [0.1, 0.15) is 61.3 Å². The molecule has 67 heavy (non-hydrogen) atoms.